The van der Waals surface area contributed by atoms with Crippen molar-refractivity contribution in [1.29, 1.82) is 0 Å². The van der Waals surface area contributed by atoms with Crippen molar-refractivity contribution in [2.75, 3.05) is 6.61 Å². The molecule has 0 heterocycles. The molecule has 3 saturated carbocycles. The molecule has 0 spiro atoms. The van der Waals surface area contributed by atoms with Gasteiger partial charge in [0.25, 0.3) is 0 Å². The second-order valence-corrected chi connectivity index (χ2v) is 14.7. The van der Waals surface area contributed by atoms with Gasteiger partial charge in [-0.1, -0.05) is 25.5 Å². The summed E-state index contributed by atoms with van der Waals surface area (Å²) in [5, 5.41) is 45.0. The van der Waals surface area contributed by atoms with Crippen molar-refractivity contribution in [3.05, 3.63) is 23.8 Å². The number of aliphatic hydroxyl groups is 4. The first-order valence-corrected chi connectivity index (χ1v) is 14.5. The summed E-state index contributed by atoms with van der Waals surface area (Å²) in [7, 11) is 0. The van der Waals surface area contributed by atoms with E-state index in [0.717, 1.165) is 11.6 Å². The number of hydrogen-bond acceptors (Lipinski definition) is 9. The Morgan fingerprint density at radius 1 is 1.10 bits per heavy atom. The van der Waals surface area contributed by atoms with E-state index in [0.29, 0.717) is 6.42 Å². The fourth-order valence-electron chi connectivity index (χ4n) is 9.47. The van der Waals surface area contributed by atoms with Gasteiger partial charge in [-0.2, -0.15) is 0 Å². The van der Waals surface area contributed by atoms with Crippen LogP contribution in [0.5, 0.6) is 0 Å². The molecule has 2 unspecified atom stereocenters. The molecule has 41 heavy (non-hydrogen) atoms. The molecule has 4 rings (SSSR count). The van der Waals surface area contributed by atoms with Crippen molar-refractivity contribution in [1.82, 2.24) is 0 Å². The fourth-order valence-corrected chi connectivity index (χ4v) is 9.47. The van der Waals surface area contributed by atoms with Gasteiger partial charge >= 0.3 is 5.97 Å². The van der Waals surface area contributed by atoms with Crippen LogP contribution in [0.1, 0.15) is 81.1 Å². The van der Waals surface area contributed by atoms with Crippen LogP contribution in [0.3, 0.4) is 0 Å². The van der Waals surface area contributed by atoms with Crippen LogP contribution in [0.25, 0.3) is 0 Å². The molecule has 0 amide bonds. The molecular formula is C32H46O9. The number of carbonyl (C=O) groups is 4. The summed E-state index contributed by atoms with van der Waals surface area (Å²) in [6.45, 7) is 12.6. The topological polar surface area (TPSA) is 158 Å². The predicted octanol–water partition coefficient (Wildman–Crippen LogP) is 2.47. The van der Waals surface area contributed by atoms with Gasteiger partial charge in [-0.25, -0.2) is 0 Å². The summed E-state index contributed by atoms with van der Waals surface area (Å²) < 4.78 is 5.22. The standard InChI is InChI=1S/C32H46O9/c1-17(34)41-27(2,3)12-11-23(37)31(8,40)25-21(36)14-29(6)22-10-9-18-19(13-20(35)26(39)28(18,4)5)32(22,16-33)24(38)15-30(25,29)7/h9,11-12,19-22,25,33,35-36,40H,10,13-16H2,1-8H3/b12-11+/t19-,20+,21-,22+,25?,29+,30-,31?,32+/m1/s1. The molecule has 0 saturated heterocycles. The Morgan fingerprint density at radius 3 is 2.27 bits per heavy atom. The zero-order valence-corrected chi connectivity index (χ0v) is 25.5. The minimum absolute atomic E-state index is 0.0365. The van der Waals surface area contributed by atoms with Crippen LogP contribution in [0.2, 0.25) is 0 Å². The lowest BCUT2D eigenvalue weighted by Crippen LogP contribution is -2.67. The highest BCUT2D eigenvalue weighted by atomic mass is 16.6. The van der Waals surface area contributed by atoms with E-state index in [1.807, 2.05) is 19.9 Å². The van der Waals surface area contributed by atoms with Crippen LogP contribution in [0, 0.1) is 39.4 Å². The number of fused-ring (bicyclic) bond motifs is 5. The van der Waals surface area contributed by atoms with E-state index < -0.39 is 81.2 Å². The Hall–Kier alpha value is -2.20. The number of allylic oxidation sites excluding steroid dienone is 2. The van der Waals surface area contributed by atoms with Crippen LogP contribution >= 0.6 is 0 Å². The molecule has 0 aromatic heterocycles. The average molecular weight is 575 g/mol. The van der Waals surface area contributed by atoms with Crippen molar-refractivity contribution in [3.8, 4) is 0 Å². The fraction of sp³-hybridized carbons (Fsp3) is 0.750. The Labute approximate surface area is 242 Å². The Kier molecular flexibility index (Phi) is 7.47. The van der Waals surface area contributed by atoms with Gasteiger partial charge in [0.15, 0.2) is 11.6 Å². The molecule has 4 aliphatic carbocycles. The smallest absolute Gasteiger partial charge is 0.303 e. The number of esters is 1. The first-order valence-electron chi connectivity index (χ1n) is 14.5. The van der Waals surface area contributed by atoms with Gasteiger partial charge in [0.2, 0.25) is 0 Å². The lowest BCUT2D eigenvalue weighted by Gasteiger charge is -2.64. The SMILES string of the molecule is CC(=O)OC(C)(C)/C=C/C(=O)C(C)(O)C1[C@H](O)C[C@@]2(C)[C@@H]3CC=C4[C@@H](C[C@H](O)C(=O)C4(C)C)[C@]3(CO)C(=O)C[C@]12C. The first kappa shape index (κ1) is 31.7. The molecule has 0 aromatic rings. The highest BCUT2D eigenvalue weighted by molar-refractivity contribution is 5.98. The average Bonchev–Trinajstić information content (AvgIpc) is 3.05. The molecule has 0 radical (unpaired) electrons. The van der Waals surface area contributed by atoms with E-state index in [9.17, 15) is 39.6 Å². The zero-order chi connectivity index (χ0) is 31.1. The third kappa shape index (κ3) is 4.33. The number of carbonyl (C=O) groups excluding carboxylic acids is 4. The van der Waals surface area contributed by atoms with Gasteiger partial charge in [0, 0.05) is 24.7 Å². The molecule has 9 atom stereocenters. The Balaban J connectivity index is 1.78. The lowest BCUT2D eigenvalue weighted by molar-refractivity contribution is -0.192. The zero-order valence-electron chi connectivity index (χ0n) is 25.5. The normalized spacial score (nSPS) is 41.7. The van der Waals surface area contributed by atoms with Gasteiger partial charge in [0.05, 0.1) is 18.1 Å². The van der Waals surface area contributed by atoms with Crippen molar-refractivity contribution in [2.45, 2.75) is 104 Å². The number of aliphatic hydroxyl groups excluding tert-OH is 3. The highest BCUT2D eigenvalue weighted by Gasteiger charge is 2.75. The van der Waals surface area contributed by atoms with Crippen LogP contribution in [-0.4, -0.2) is 73.8 Å². The van der Waals surface area contributed by atoms with E-state index in [2.05, 4.69) is 0 Å². The van der Waals surface area contributed by atoms with Crippen LogP contribution in [0.15, 0.2) is 23.8 Å². The summed E-state index contributed by atoms with van der Waals surface area (Å²) in [6, 6.07) is 0. The monoisotopic (exact) mass is 574 g/mol. The number of Topliss-reactive ketones (excluding diaryl/α,β-unsaturated/α-hetero) is 2. The maximum absolute atomic E-state index is 14.4. The minimum Gasteiger partial charge on any atom is -0.456 e. The number of rotatable bonds is 6. The second kappa shape index (κ2) is 9.66. The summed E-state index contributed by atoms with van der Waals surface area (Å²) in [6.07, 6.45) is 2.66. The molecule has 4 aliphatic rings. The Bertz CT molecular complexity index is 1230. The molecule has 228 valence electrons. The molecule has 0 bridgehead atoms. The number of ether oxygens (including phenoxy) is 1. The van der Waals surface area contributed by atoms with Gasteiger partial charge in [-0.05, 0) is 88.7 Å². The number of ketones is 3. The summed E-state index contributed by atoms with van der Waals surface area (Å²) in [4.78, 5) is 52.2. The molecule has 9 nitrogen and oxygen atoms in total. The highest BCUT2D eigenvalue weighted by Crippen LogP contribution is 2.74. The molecule has 0 aromatic carbocycles. The predicted molar refractivity (Wildman–Crippen MR) is 149 cm³/mol. The van der Waals surface area contributed by atoms with Crippen molar-refractivity contribution in [3.63, 3.8) is 0 Å². The number of hydrogen-bond donors (Lipinski definition) is 4. The van der Waals surface area contributed by atoms with Gasteiger partial charge in [0.1, 0.15) is 23.1 Å². The summed E-state index contributed by atoms with van der Waals surface area (Å²) in [5.74, 6) is -3.76. The largest absolute Gasteiger partial charge is 0.456 e. The second-order valence-electron chi connectivity index (χ2n) is 14.7. The third-order valence-electron chi connectivity index (χ3n) is 11.5. The molecule has 3 fully saturated rings. The van der Waals surface area contributed by atoms with Crippen molar-refractivity contribution in [2.24, 2.45) is 39.4 Å². The third-order valence-corrected chi connectivity index (χ3v) is 11.5. The molecule has 4 N–H and O–H groups in total. The van der Waals surface area contributed by atoms with Crippen molar-refractivity contribution >= 4 is 23.3 Å². The van der Waals surface area contributed by atoms with Crippen LogP contribution in [-0.2, 0) is 23.9 Å². The van der Waals surface area contributed by atoms with E-state index in [-0.39, 0.29) is 30.8 Å². The van der Waals surface area contributed by atoms with Gasteiger partial charge in [-0.15, -0.1) is 0 Å². The quantitative estimate of drug-likeness (QED) is 0.212. The van der Waals surface area contributed by atoms with E-state index in [4.69, 9.17) is 4.74 Å². The summed E-state index contributed by atoms with van der Waals surface area (Å²) in [5.41, 5.74) is -6.45. The van der Waals surface area contributed by atoms with E-state index in [1.54, 1.807) is 27.7 Å². The van der Waals surface area contributed by atoms with Gasteiger partial charge < -0.3 is 25.2 Å². The van der Waals surface area contributed by atoms with E-state index in [1.165, 1.54) is 19.9 Å². The van der Waals surface area contributed by atoms with Gasteiger partial charge in [-0.3, -0.25) is 19.2 Å². The lowest BCUT2D eigenvalue weighted by atomic mass is 9.38. The summed E-state index contributed by atoms with van der Waals surface area (Å²) >= 11 is 0. The molecule has 9 heteroatoms. The first-order chi connectivity index (χ1) is 18.6. The van der Waals surface area contributed by atoms with Crippen LogP contribution < -0.4 is 0 Å². The Morgan fingerprint density at radius 2 is 1.71 bits per heavy atom. The minimum atomic E-state index is -2.06. The maximum atomic E-state index is 14.4. The van der Waals surface area contributed by atoms with Crippen molar-refractivity contribution < 1.29 is 44.3 Å². The maximum Gasteiger partial charge on any atom is 0.303 e. The van der Waals surface area contributed by atoms with Crippen LogP contribution in [0.4, 0.5) is 0 Å². The molecular weight excluding hydrogens is 528 g/mol. The van der Waals surface area contributed by atoms with E-state index >= 15 is 0 Å². The molecule has 0 aliphatic heterocycles.